The molecule has 0 N–H and O–H groups in total. The molecule has 2 unspecified atom stereocenters. The van der Waals surface area contributed by atoms with Crippen molar-refractivity contribution in [3.8, 4) is 5.75 Å². The van der Waals surface area contributed by atoms with Crippen molar-refractivity contribution >= 4 is 5.69 Å². The lowest BCUT2D eigenvalue weighted by Gasteiger charge is -2.46. The van der Waals surface area contributed by atoms with Gasteiger partial charge in [0.15, 0.2) is 11.6 Å². The monoisotopic (exact) mass is 292 g/mol. The summed E-state index contributed by atoms with van der Waals surface area (Å²) < 4.78 is 18.8. The molecule has 2 aliphatic heterocycles. The fourth-order valence-electron chi connectivity index (χ4n) is 3.74. The van der Waals surface area contributed by atoms with Crippen LogP contribution >= 0.6 is 0 Å². The molecule has 1 aromatic rings. The van der Waals surface area contributed by atoms with Crippen LogP contribution in [0, 0.1) is 11.7 Å². The molecule has 0 saturated carbocycles. The minimum atomic E-state index is -0.290. The molecular weight excluding hydrogens is 267 g/mol. The summed E-state index contributed by atoms with van der Waals surface area (Å²) in [6, 6.07) is 6.38. The smallest absolute Gasteiger partial charge is 0.165 e. The van der Waals surface area contributed by atoms with Crippen molar-refractivity contribution in [2.75, 3.05) is 31.6 Å². The van der Waals surface area contributed by atoms with Gasteiger partial charge in [0.2, 0.25) is 0 Å². The average Bonchev–Trinajstić information content (AvgIpc) is 2.93. The number of fused-ring (bicyclic) bond motifs is 1. The number of anilines is 1. The Morgan fingerprint density at radius 1 is 1.29 bits per heavy atom. The highest BCUT2D eigenvalue weighted by atomic mass is 19.1. The molecule has 0 amide bonds. The number of ether oxygens (including phenoxy) is 1. The van der Waals surface area contributed by atoms with Crippen LogP contribution in [0.2, 0.25) is 0 Å². The van der Waals surface area contributed by atoms with E-state index in [4.69, 9.17) is 4.74 Å². The lowest BCUT2D eigenvalue weighted by Crippen LogP contribution is -2.58. The van der Waals surface area contributed by atoms with Crippen molar-refractivity contribution < 1.29 is 9.13 Å². The van der Waals surface area contributed by atoms with E-state index in [0.717, 1.165) is 18.8 Å². The topological polar surface area (TPSA) is 15.7 Å². The number of halogens is 1. The zero-order valence-electron chi connectivity index (χ0n) is 13.2. The summed E-state index contributed by atoms with van der Waals surface area (Å²) in [6.07, 6.45) is 2.58. The van der Waals surface area contributed by atoms with E-state index < -0.39 is 0 Å². The summed E-state index contributed by atoms with van der Waals surface area (Å²) in [6.45, 7) is 7.93. The van der Waals surface area contributed by atoms with Gasteiger partial charge in [0.25, 0.3) is 0 Å². The van der Waals surface area contributed by atoms with Crippen LogP contribution in [-0.4, -0.2) is 43.7 Å². The van der Waals surface area contributed by atoms with Crippen molar-refractivity contribution in [2.24, 2.45) is 5.92 Å². The van der Waals surface area contributed by atoms with Crippen molar-refractivity contribution in [3.63, 3.8) is 0 Å². The van der Waals surface area contributed by atoms with Crippen molar-refractivity contribution in [1.82, 2.24) is 4.90 Å². The number of rotatable bonds is 3. The van der Waals surface area contributed by atoms with Gasteiger partial charge in [-0.25, -0.2) is 4.39 Å². The van der Waals surface area contributed by atoms with Gasteiger partial charge < -0.3 is 9.64 Å². The predicted octanol–water partition coefficient (Wildman–Crippen LogP) is 3.14. The van der Waals surface area contributed by atoms with Gasteiger partial charge >= 0.3 is 0 Å². The van der Waals surface area contributed by atoms with E-state index in [1.54, 1.807) is 0 Å². The number of nitrogens with zero attached hydrogens (tertiary/aromatic N) is 2. The van der Waals surface area contributed by atoms with E-state index in [0.29, 0.717) is 23.8 Å². The fourth-order valence-corrected chi connectivity index (χ4v) is 3.74. The van der Waals surface area contributed by atoms with Crippen LogP contribution < -0.4 is 9.64 Å². The van der Waals surface area contributed by atoms with Gasteiger partial charge in [0.1, 0.15) is 0 Å². The van der Waals surface area contributed by atoms with Gasteiger partial charge in [-0.2, -0.15) is 0 Å². The number of hydrogen-bond acceptors (Lipinski definition) is 3. The van der Waals surface area contributed by atoms with E-state index in [9.17, 15) is 4.39 Å². The van der Waals surface area contributed by atoms with Crippen LogP contribution in [-0.2, 0) is 0 Å². The zero-order chi connectivity index (χ0) is 15.0. The van der Waals surface area contributed by atoms with Crippen molar-refractivity contribution in [3.05, 3.63) is 24.0 Å². The van der Waals surface area contributed by atoms with Crippen molar-refractivity contribution in [2.45, 2.75) is 38.8 Å². The van der Waals surface area contributed by atoms with Gasteiger partial charge in [-0.3, -0.25) is 4.90 Å². The maximum atomic E-state index is 13.7. The Hall–Kier alpha value is -1.29. The molecule has 0 radical (unpaired) electrons. The summed E-state index contributed by atoms with van der Waals surface area (Å²) in [5.41, 5.74) is 1.08. The van der Waals surface area contributed by atoms with Crippen LogP contribution in [0.1, 0.15) is 26.7 Å². The fraction of sp³-hybridized carbons (Fsp3) is 0.647. The van der Waals surface area contributed by atoms with Gasteiger partial charge in [0, 0.05) is 36.9 Å². The molecule has 3 rings (SSSR count). The number of piperazine rings is 1. The number of benzene rings is 1. The van der Waals surface area contributed by atoms with Gasteiger partial charge in [-0.15, -0.1) is 0 Å². The Labute approximate surface area is 126 Å². The molecule has 3 nitrogen and oxygen atoms in total. The minimum absolute atomic E-state index is 0.290. The highest BCUT2D eigenvalue weighted by Crippen LogP contribution is 2.33. The second-order valence-corrected chi connectivity index (χ2v) is 6.57. The molecule has 2 fully saturated rings. The Balaban J connectivity index is 1.90. The number of hydrogen-bond donors (Lipinski definition) is 0. The van der Waals surface area contributed by atoms with E-state index in [-0.39, 0.29) is 5.82 Å². The molecule has 116 valence electrons. The summed E-state index contributed by atoms with van der Waals surface area (Å²) in [5, 5.41) is 0. The Bertz CT molecular complexity index is 506. The second kappa shape index (κ2) is 5.84. The molecule has 2 heterocycles. The first-order valence-corrected chi connectivity index (χ1v) is 7.94. The van der Waals surface area contributed by atoms with Crippen LogP contribution in [0.3, 0.4) is 0 Å². The first-order valence-electron chi connectivity index (χ1n) is 7.94. The van der Waals surface area contributed by atoms with E-state index in [1.807, 2.05) is 12.1 Å². The quantitative estimate of drug-likeness (QED) is 0.851. The Morgan fingerprint density at radius 3 is 2.81 bits per heavy atom. The lowest BCUT2D eigenvalue weighted by atomic mass is 9.96. The van der Waals surface area contributed by atoms with E-state index in [1.165, 1.54) is 32.6 Å². The highest BCUT2D eigenvalue weighted by Gasteiger charge is 2.37. The first kappa shape index (κ1) is 14.6. The van der Waals surface area contributed by atoms with Gasteiger partial charge in [-0.05, 0) is 37.4 Å². The Morgan fingerprint density at radius 2 is 2.10 bits per heavy atom. The van der Waals surface area contributed by atoms with Crippen molar-refractivity contribution in [1.29, 1.82) is 0 Å². The maximum Gasteiger partial charge on any atom is 0.165 e. The molecule has 2 atom stereocenters. The largest absolute Gasteiger partial charge is 0.494 e. The predicted molar refractivity (Wildman–Crippen MR) is 83.5 cm³/mol. The molecule has 4 heteroatoms. The second-order valence-electron chi connectivity index (χ2n) is 6.57. The Kier molecular flexibility index (Phi) is 4.07. The summed E-state index contributed by atoms with van der Waals surface area (Å²) in [4.78, 5) is 5.08. The van der Waals surface area contributed by atoms with E-state index in [2.05, 4.69) is 23.6 Å². The number of methoxy groups -OCH3 is 1. The standard InChI is InChI=1S/C17H25FN2O/c1-12(2)16-11-19-8-4-5-14(19)10-20(16)13-6-7-15(18)17(9-13)21-3/h6-7,9,12,14,16H,4-5,8,10-11H2,1-3H3. The van der Waals surface area contributed by atoms with E-state index >= 15 is 0 Å². The molecule has 2 aliphatic rings. The molecule has 0 aromatic heterocycles. The third-order valence-electron chi connectivity index (χ3n) is 4.96. The molecular formula is C17H25FN2O. The zero-order valence-corrected chi connectivity index (χ0v) is 13.2. The molecule has 2 saturated heterocycles. The molecule has 1 aromatic carbocycles. The van der Waals surface area contributed by atoms with Gasteiger partial charge in [0.05, 0.1) is 7.11 Å². The van der Waals surface area contributed by atoms with Crippen LogP contribution in [0.5, 0.6) is 5.75 Å². The summed E-state index contributed by atoms with van der Waals surface area (Å²) in [7, 11) is 1.52. The maximum absolute atomic E-state index is 13.7. The SMILES string of the molecule is COc1cc(N2CC3CCCN3CC2C(C)C)ccc1F. The highest BCUT2D eigenvalue weighted by molar-refractivity contribution is 5.53. The molecule has 0 bridgehead atoms. The minimum Gasteiger partial charge on any atom is -0.494 e. The summed E-state index contributed by atoms with van der Waals surface area (Å²) in [5.74, 6) is 0.619. The normalized spacial score (nSPS) is 26.2. The molecule has 21 heavy (non-hydrogen) atoms. The third kappa shape index (κ3) is 2.73. The average molecular weight is 292 g/mol. The van der Waals surface area contributed by atoms with Crippen LogP contribution in [0.15, 0.2) is 18.2 Å². The van der Waals surface area contributed by atoms with Gasteiger partial charge in [-0.1, -0.05) is 13.8 Å². The lowest BCUT2D eigenvalue weighted by molar-refractivity contribution is 0.176. The first-order chi connectivity index (χ1) is 10.1. The van der Waals surface area contributed by atoms with Crippen LogP contribution in [0.25, 0.3) is 0 Å². The molecule has 0 spiro atoms. The summed E-state index contributed by atoms with van der Waals surface area (Å²) >= 11 is 0. The van der Waals surface area contributed by atoms with Crippen LogP contribution in [0.4, 0.5) is 10.1 Å². The molecule has 0 aliphatic carbocycles. The third-order valence-corrected chi connectivity index (χ3v) is 4.96.